The van der Waals surface area contributed by atoms with Crippen LogP contribution in [0.2, 0.25) is 5.02 Å². The molecule has 3 aromatic rings. The molecule has 0 saturated carbocycles. The highest BCUT2D eigenvalue weighted by atomic mass is 35.5. The van der Waals surface area contributed by atoms with Crippen LogP contribution in [0.25, 0.3) is 0 Å². The minimum absolute atomic E-state index is 0. The number of halogens is 3. The number of para-hydroxylation sites is 1. The summed E-state index contributed by atoms with van der Waals surface area (Å²) >= 11 is 6.18. The van der Waals surface area contributed by atoms with Crippen molar-refractivity contribution in [2.45, 2.75) is 19.6 Å². The predicted molar refractivity (Wildman–Crippen MR) is 111 cm³/mol. The summed E-state index contributed by atoms with van der Waals surface area (Å²) < 4.78 is 19.6. The van der Waals surface area contributed by atoms with Gasteiger partial charge in [-0.05, 0) is 36.7 Å². The van der Waals surface area contributed by atoms with Gasteiger partial charge >= 0.3 is 0 Å². The van der Waals surface area contributed by atoms with Gasteiger partial charge in [0.1, 0.15) is 18.2 Å². The lowest BCUT2D eigenvalue weighted by Crippen LogP contribution is -2.17. The van der Waals surface area contributed by atoms with Crippen molar-refractivity contribution in [2.75, 3.05) is 6.54 Å². The molecule has 0 amide bonds. The molecule has 0 bridgehead atoms. The number of hydrogen-bond acceptors (Lipinski definition) is 2. The monoisotopic (exact) mass is 405 g/mol. The lowest BCUT2D eigenvalue weighted by atomic mass is 10.1. The van der Waals surface area contributed by atoms with E-state index < -0.39 is 0 Å². The lowest BCUT2D eigenvalue weighted by molar-refractivity contribution is 0.302. The van der Waals surface area contributed by atoms with Gasteiger partial charge < -0.3 is 10.1 Å². The molecule has 0 spiro atoms. The number of ether oxygens (including phenoxy) is 1. The third-order valence-corrected chi connectivity index (χ3v) is 4.53. The Bertz CT molecular complexity index is 857. The topological polar surface area (TPSA) is 21.3 Å². The molecule has 0 aliphatic heterocycles. The van der Waals surface area contributed by atoms with Gasteiger partial charge in [-0.25, -0.2) is 4.39 Å². The minimum Gasteiger partial charge on any atom is -0.489 e. The SMILES string of the molecule is Cl.Fc1ccccc1CCNCc1ccccc1OCc1ccccc1Cl. The molecule has 1 N–H and O–H groups in total. The predicted octanol–water partition coefficient (Wildman–Crippen LogP) is 5.81. The molecule has 0 radical (unpaired) electrons. The summed E-state index contributed by atoms with van der Waals surface area (Å²) in [6.45, 7) is 1.78. The summed E-state index contributed by atoms with van der Waals surface area (Å²) in [5.74, 6) is 0.670. The van der Waals surface area contributed by atoms with Crippen molar-refractivity contribution in [1.82, 2.24) is 5.32 Å². The zero-order chi connectivity index (χ0) is 18.2. The first kappa shape index (κ1) is 21.2. The van der Waals surface area contributed by atoms with Crippen LogP contribution < -0.4 is 10.1 Å². The van der Waals surface area contributed by atoms with Gasteiger partial charge in [0.2, 0.25) is 0 Å². The first-order valence-corrected chi connectivity index (χ1v) is 9.00. The van der Waals surface area contributed by atoms with E-state index in [9.17, 15) is 4.39 Å². The Labute approximate surface area is 170 Å². The average Bonchev–Trinajstić information content (AvgIpc) is 2.67. The molecule has 0 aliphatic carbocycles. The van der Waals surface area contributed by atoms with Crippen LogP contribution in [0, 0.1) is 5.82 Å². The van der Waals surface area contributed by atoms with Crippen molar-refractivity contribution in [3.8, 4) is 5.75 Å². The Morgan fingerprint density at radius 2 is 1.44 bits per heavy atom. The maximum absolute atomic E-state index is 13.6. The van der Waals surface area contributed by atoms with Crippen molar-refractivity contribution in [3.05, 3.63) is 100 Å². The van der Waals surface area contributed by atoms with Crippen molar-refractivity contribution < 1.29 is 9.13 Å². The van der Waals surface area contributed by atoms with Crippen LogP contribution in [0.4, 0.5) is 4.39 Å². The Hall–Kier alpha value is -2.07. The summed E-state index contributed by atoms with van der Waals surface area (Å²) in [5, 5.41) is 4.06. The highest BCUT2D eigenvalue weighted by molar-refractivity contribution is 6.31. The zero-order valence-electron chi connectivity index (χ0n) is 14.8. The van der Waals surface area contributed by atoms with Crippen LogP contribution in [-0.2, 0) is 19.6 Å². The summed E-state index contributed by atoms with van der Waals surface area (Å²) in [6, 6.07) is 22.4. The van der Waals surface area contributed by atoms with Crippen molar-refractivity contribution in [2.24, 2.45) is 0 Å². The van der Waals surface area contributed by atoms with Gasteiger partial charge in [0.25, 0.3) is 0 Å². The normalized spacial score (nSPS) is 10.3. The Balaban J connectivity index is 0.00000261. The van der Waals surface area contributed by atoms with E-state index in [1.54, 1.807) is 6.07 Å². The molecular weight excluding hydrogens is 384 g/mol. The summed E-state index contributed by atoms with van der Waals surface area (Å²) in [6.07, 6.45) is 0.648. The zero-order valence-corrected chi connectivity index (χ0v) is 16.4. The molecule has 3 aromatic carbocycles. The van der Waals surface area contributed by atoms with Crippen LogP contribution in [-0.4, -0.2) is 6.54 Å². The second kappa shape index (κ2) is 10.9. The van der Waals surface area contributed by atoms with Crippen LogP contribution >= 0.6 is 24.0 Å². The van der Waals surface area contributed by atoms with Gasteiger partial charge in [-0.15, -0.1) is 12.4 Å². The van der Waals surface area contributed by atoms with E-state index in [4.69, 9.17) is 16.3 Å². The Kier molecular flexibility index (Phi) is 8.59. The average molecular weight is 406 g/mol. The van der Waals surface area contributed by atoms with E-state index in [1.165, 1.54) is 6.07 Å². The van der Waals surface area contributed by atoms with Gasteiger partial charge in [-0.1, -0.05) is 66.2 Å². The van der Waals surface area contributed by atoms with Gasteiger partial charge in [0.05, 0.1) is 0 Å². The molecule has 0 saturated heterocycles. The Morgan fingerprint density at radius 1 is 0.815 bits per heavy atom. The minimum atomic E-state index is -0.155. The number of rotatable bonds is 8. The highest BCUT2D eigenvalue weighted by Gasteiger charge is 2.06. The molecule has 0 aromatic heterocycles. The summed E-state index contributed by atoms with van der Waals surface area (Å²) in [4.78, 5) is 0. The third-order valence-electron chi connectivity index (χ3n) is 4.16. The smallest absolute Gasteiger partial charge is 0.126 e. The van der Waals surface area contributed by atoms with Crippen molar-refractivity contribution in [3.63, 3.8) is 0 Å². The van der Waals surface area contributed by atoms with E-state index >= 15 is 0 Å². The molecule has 27 heavy (non-hydrogen) atoms. The molecule has 5 heteroatoms. The van der Waals surface area contributed by atoms with Crippen molar-refractivity contribution in [1.29, 1.82) is 0 Å². The van der Waals surface area contributed by atoms with E-state index in [0.717, 1.165) is 22.4 Å². The summed E-state index contributed by atoms with van der Waals surface area (Å²) in [7, 11) is 0. The van der Waals surface area contributed by atoms with Gasteiger partial charge in [-0.3, -0.25) is 0 Å². The fourth-order valence-corrected chi connectivity index (χ4v) is 2.90. The first-order valence-electron chi connectivity index (χ1n) is 8.62. The third kappa shape index (κ3) is 6.24. The second-order valence-electron chi connectivity index (χ2n) is 6.01. The maximum atomic E-state index is 13.6. The Morgan fingerprint density at radius 3 is 2.19 bits per heavy atom. The highest BCUT2D eigenvalue weighted by Crippen LogP contribution is 2.22. The fourth-order valence-electron chi connectivity index (χ4n) is 2.71. The molecule has 0 aliphatic rings. The van der Waals surface area contributed by atoms with Crippen LogP contribution in [0.15, 0.2) is 72.8 Å². The van der Waals surface area contributed by atoms with E-state index in [1.807, 2.05) is 60.7 Å². The van der Waals surface area contributed by atoms with E-state index in [2.05, 4.69) is 5.32 Å². The number of benzene rings is 3. The largest absolute Gasteiger partial charge is 0.489 e. The van der Waals surface area contributed by atoms with E-state index in [-0.39, 0.29) is 18.2 Å². The van der Waals surface area contributed by atoms with Gasteiger partial charge in [0.15, 0.2) is 0 Å². The fraction of sp³-hybridized carbons (Fsp3) is 0.182. The van der Waals surface area contributed by atoms with Gasteiger partial charge in [-0.2, -0.15) is 0 Å². The summed E-state index contributed by atoms with van der Waals surface area (Å²) in [5.41, 5.74) is 2.74. The molecule has 142 valence electrons. The molecule has 3 rings (SSSR count). The molecule has 0 unspecified atom stereocenters. The van der Waals surface area contributed by atoms with Crippen LogP contribution in [0.3, 0.4) is 0 Å². The quantitative estimate of drug-likeness (QED) is 0.477. The molecule has 2 nitrogen and oxygen atoms in total. The number of hydrogen-bond donors (Lipinski definition) is 1. The maximum Gasteiger partial charge on any atom is 0.126 e. The van der Waals surface area contributed by atoms with Crippen LogP contribution in [0.5, 0.6) is 5.75 Å². The second-order valence-corrected chi connectivity index (χ2v) is 6.41. The molecule has 0 fully saturated rings. The first-order chi connectivity index (χ1) is 12.7. The molecule has 0 heterocycles. The lowest BCUT2D eigenvalue weighted by Gasteiger charge is -2.13. The van der Waals surface area contributed by atoms with E-state index in [0.29, 0.717) is 31.1 Å². The van der Waals surface area contributed by atoms with Crippen LogP contribution in [0.1, 0.15) is 16.7 Å². The standard InChI is InChI=1S/C22H21ClFNO.ClH/c23-20-10-4-1-9-19(20)16-26-22-12-6-3-8-18(22)15-25-14-13-17-7-2-5-11-21(17)24;/h1-12,25H,13-16H2;1H. The molecule has 0 atom stereocenters. The van der Waals surface area contributed by atoms with Crippen molar-refractivity contribution >= 4 is 24.0 Å². The molecular formula is C22H22Cl2FNO. The number of nitrogens with one attached hydrogen (secondary N) is 1. The van der Waals surface area contributed by atoms with Gasteiger partial charge in [0, 0.05) is 22.7 Å².